The first kappa shape index (κ1) is 28.7. The lowest BCUT2D eigenvalue weighted by Crippen LogP contribution is -2.41. The molecule has 9 heteroatoms. The summed E-state index contributed by atoms with van der Waals surface area (Å²) in [4.78, 5) is 60.4. The van der Waals surface area contributed by atoms with Gasteiger partial charge in [0.15, 0.2) is 0 Å². The Morgan fingerprint density at radius 3 is 2.11 bits per heavy atom. The molecule has 3 N–H and O–H groups in total. The molecule has 0 spiro atoms. The monoisotopic (exact) mass is 505 g/mol. The van der Waals surface area contributed by atoms with Gasteiger partial charge in [0, 0.05) is 18.5 Å². The summed E-state index contributed by atoms with van der Waals surface area (Å²) in [5.41, 5.74) is 1.86. The number of benzene rings is 2. The summed E-state index contributed by atoms with van der Waals surface area (Å²) in [5.74, 6) is -2.28. The number of carboxylic acids is 1. The number of rotatable bonds is 12. The van der Waals surface area contributed by atoms with Gasteiger partial charge in [0.2, 0.25) is 11.8 Å². The number of hydrogen-bond donors (Lipinski definition) is 3. The first-order valence-corrected chi connectivity index (χ1v) is 11.4. The number of aliphatic carboxylic acids is 1. The number of carbonyl (C=O) groups is 4. The van der Waals surface area contributed by atoms with E-state index in [1.807, 2.05) is 60.7 Å². The number of anilines is 1. The molecular formula is C28H31N3O6. The van der Waals surface area contributed by atoms with Crippen LogP contribution in [0.3, 0.4) is 0 Å². The highest BCUT2D eigenvalue weighted by atomic mass is 16.4. The van der Waals surface area contributed by atoms with E-state index in [0.29, 0.717) is 24.8 Å². The number of nitrogens with zero attached hydrogens (tertiary/aromatic N) is 1. The Morgan fingerprint density at radius 2 is 1.51 bits per heavy atom. The molecule has 0 unspecified atom stereocenters. The summed E-state index contributed by atoms with van der Waals surface area (Å²) in [6.07, 6.45) is 0.789. The molecule has 0 aliphatic rings. The molecular weight excluding hydrogens is 474 g/mol. The van der Waals surface area contributed by atoms with Crippen molar-refractivity contribution < 1.29 is 24.3 Å². The van der Waals surface area contributed by atoms with Gasteiger partial charge in [0.05, 0.1) is 12.5 Å². The number of amides is 2. The molecule has 1 atom stereocenters. The van der Waals surface area contributed by atoms with Gasteiger partial charge >= 0.3 is 5.97 Å². The van der Waals surface area contributed by atoms with Gasteiger partial charge < -0.3 is 25.1 Å². The fraction of sp³-hybridized carbons (Fsp3) is 0.250. The fourth-order valence-electron chi connectivity index (χ4n) is 3.68. The first-order valence-electron chi connectivity index (χ1n) is 11.4. The zero-order valence-corrected chi connectivity index (χ0v) is 19.6. The summed E-state index contributed by atoms with van der Waals surface area (Å²) in [7, 11) is 0. The van der Waals surface area contributed by atoms with E-state index in [0.717, 1.165) is 11.1 Å². The van der Waals surface area contributed by atoms with Gasteiger partial charge in [-0.05, 0) is 29.7 Å². The summed E-state index contributed by atoms with van der Waals surface area (Å²) in [5, 5.41) is 13.9. The number of aromatic nitrogens is 1. The largest absolute Gasteiger partial charge is 0.481 e. The first-order chi connectivity index (χ1) is 17.4. The molecule has 1 heterocycles. The van der Waals surface area contributed by atoms with Crippen LogP contribution in [-0.2, 0) is 38.6 Å². The van der Waals surface area contributed by atoms with E-state index in [4.69, 9.17) is 5.11 Å². The average molecular weight is 506 g/mol. The van der Waals surface area contributed by atoms with E-state index in [-0.39, 0.29) is 25.4 Å². The van der Waals surface area contributed by atoms with Crippen LogP contribution in [0.1, 0.15) is 37.1 Å². The molecule has 9 nitrogen and oxygen atoms in total. The highest BCUT2D eigenvalue weighted by Gasteiger charge is 2.18. The second kappa shape index (κ2) is 14.1. The minimum absolute atomic E-state index is 0. The summed E-state index contributed by atoms with van der Waals surface area (Å²) < 4.78 is 1.22. The zero-order valence-electron chi connectivity index (χ0n) is 19.6. The molecule has 0 aliphatic carbocycles. The second-order valence-electron chi connectivity index (χ2n) is 8.23. The maximum atomic E-state index is 13.3. The third-order valence-corrected chi connectivity index (χ3v) is 5.46. The topological polar surface area (TPSA) is 135 Å². The number of pyridine rings is 1. The van der Waals surface area contributed by atoms with Gasteiger partial charge in [-0.3, -0.25) is 19.2 Å². The van der Waals surface area contributed by atoms with Crippen molar-refractivity contribution in [1.82, 2.24) is 9.88 Å². The fourth-order valence-corrected chi connectivity index (χ4v) is 3.68. The van der Waals surface area contributed by atoms with Crippen LogP contribution in [0.4, 0.5) is 5.69 Å². The molecule has 194 valence electrons. The predicted octanol–water partition coefficient (Wildman–Crippen LogP) is 2.80. The maximum absolute atomic E-state index is 13.3. The van der Waals surface area contributed by atoms with Crippen LogP contribution in [0.15, 0.2) is 77.6 Å². The van der Waals surface area contributed by atoms with E-state index >= 15 is 0 Å². The van der Waals surface area contributed by atoms with E-state index in [1.54, 1.807) is 6.07 Å². The Hall–Kier alpha value is -4.53. The van der Waals surface area contributed by atoms with Crippen molar-refractivity contribution in [3.8, 4) is 0 Å². The van der Waals surface area contributed by atoms with Crippen LogP contribution in [-0.4, -0.2) is 39.8 Å². The van der Waals surface area contributed by atoms with Crippen molar-refractivity contribution in [2.75, 3.05) is 5.32 Å². The molecule has 0 aliphatic heterocycles. The van der Waals surface area contributed by atoms with Gasteiger partial charge in [0.1, 0.15) is 18.5 Å². The van der Waals surface area contributed by atoms with Crippen LogP contribution in [0.2, 0.25) is 0 Å². The van der Waals surface area contributed by atoms with Gasteiger partial charge in [-0.25, -0.2) is 0 Å². The van der Waals surface area contributed by atoms with Gasteiger partial charge in [0.25, 0.3) is 5.56 Å². The van der Waals surface area contributed by atoms with E-state index in [9.17, 15) is 24.0 Å². The Balaban J connectivity index is 0.00000481. The van der Waals surface area contributed by atoms with Crippen molar-refractivity contribution >= 4 is 29.8 Å². The summed E-state index contributed by atoms with van der Waals surface area (Å²) in [6.45, 7) is -0.446. The molecule has 1 aromatic heterocycles. The minimum atomic E-state index is -1.24. The quantitative estimate of drug-likeness (QED) is 0.324. The lowest BCUT2D eigenvalue weighted by Gasteiger charge is -2.17. The van der Waals surface area contributed by atoms with E-state index < -0.39 is 36.4 Å². The van der Waals surface area contributed by atoms with Crippen molar-refractivity contribution in [2.24, 2.45) is 0 Å². The lowest BCUT2D eigenvalue weighted by molar-refractivity contribution is -0.138. The number of nitrogens with one attached hydrogen (secondary N) is 2. The van der Waals surface area contributed by atoms with Crippen molar-refractivity contribution in [1.29, 1.82) is 0 Å². The Kier molecular flexibility index (Phi) is 11.0. The molecule has 0 radical (unpaired) electrons. The van der Waals surface area contributed by atoms with Crippen LogP contribution in [0.5, 0.6) is 0 Å². The predicted molar refractivity (Wildman–Crippen MR) is 140 cm³/mol. The van der Waals surface area contributed by atoms with Crippen LogP contribution in [0.25, 0.3) is 0 Å². The van der Waals surface area contributed by atoms with Crippen molar-refractivity contribution in [3.05, 3.63) is 100.0 Å². The highest BCUT2D eigenvalue weighted by molar-refractivity contribution is 5.90. The van der Waals surface area contributed by atoms with Crippen LogP contribution < -0.4 is 16.2 Å². The molecule has 0 fully saturated rings. The Labute approximate surface area is 215 Å². The number of carboxylic acid groups (broad SMARTS) is 1. The van der Waals surface area contributed by atoms with E-state index in [1.165, 1.54) is 10.6 Å². The SMILES string of the molecule is C.O=C[C@H](CC(=O)O)NC(=O)Cn1c(Cc2ccccc2)ccc(NC(=O)CCc2ccccc2)c1=O. The van der Waals surface area contributed by atoms with E-state index in [2.05, 4.69) is 10.6 Å². The number of carbonyl (C=O) groups excluding carboxylic acids is 3. The minimum Gasteiger partial charge on any atom is -0.481 e. The van der Waals surface area contributed by atoms with Gasteiger partial charge in [-0.2, -0.15) is 0 Å². The summed E-state index contributed by atoms with van der Waals surface area (Å²) >= 11 is 0. The van der Waals surface area contributed by atoms with Gasteiger partial charge in [-0.1, -0.05) is 68.1 Å². The smallest absolute Gasteiger partial charge is 0.305 e. The maximum Gasteiger partial charge on any atom is 0.305 e. The highest BCUT2D eigenvalue weighted by Crippen LogP contribution is 2.12. The normalized spacial score (nSPS) is 11.0. The van der Waals surface area contributed by atoms with Crippen molar-refractivity contribution in [3.63, 3.8) is 0 Å². The molecule has 3 aromatic rings. The molecule has 0 bridgehead atoms. The molecule has 0 saturated heterocycles. The third-order valence-electron chi connectivity index (χ3n) is 5.46. The number of aryl methyl sites for hydroxylation is 1. The third kappa shape index (κ3) is 8.88. The Morgan fingerprint density at radius 1 is 0.892 bits per heavy atom. The Bertz CT molecular complexity index is 1270. The molecule has 3 rings (SSSR count). The molecule has 0 saturated carbocycles. The summed E-state index contributed by atoms with van der Waals surface area (Å²) in [6, 6.07) is 20.7. The van der Waals surface area contributed by atoms with Crippen LogP contribution >= 0.6 is 0 Å². The van der Waals surface area contributed by atoms with Crippen molar-refractivity contribution in [2.45, 2.75) is 45.7 Å². The molecule has 2 aromatic carbocycles. The zero-order chi connectivity index (χ0) is 25.9. The second-order valence-corrected chi connectivity index (χ2v) is 8.23. The standard InChI is InChI=1S/C27H27N3O6.CH4/c31-18-21(16-26(34)35)28-25(33)17-30-22(15-20-9-5-2-6-10-20)12-13-23(27(30)36)29-24(32)14-11-19-7-3-1-4-8-19;/h1-10,12-13,18,21H,11,14-17H2,(H,28,33)(H,29,32)(H,34,35);1H4/t21-;/m0./s1. The average Bonchev–Trinajstić information content (AvgIpc) is 2.87. The van der Waals surface area contributed by atoms with Crippen LogP contribution in [0, 0.1) is 0 Å². The molecule has 2 amide bonds. The number of aldehydes is 1. The van der Waals surface area contributed by atoms with Gasteiger partial charge in [-0.15, -0.1) is 0 Å². The lowest BCUT2D eigenvalue weighted by atomic mass is 10.1. The number of hydrogen-bond acceptors (Lipinski definition) is 5. The molecule has 37 heavy (non-hydrogen) atoms.